The van der Waals surface area contributed by atoms with Crippen LogP contribution in [0.4, 0.5) is 0 Å². The van der Waals surface area contributed by atoms with Crippen molar-refractivity contribution in [3.63, 3.8) is 0 Å². The standard InChI is InChI=1S/C56H105NO5/c1-3-5-7-9-11-13-15-17-18-19-20-21-22-26-30-34-38-42-46-50-56(61)62-51-47-43-39-35-31-27-23-25-29-33-37-41-45-49-55(60)57-53(52-58)54(59)48-44-40-36-32-28-24-16-14-12-10-8-6-4-2/h11,13,17-18,25,29,53-54,58-59H,3-10,12,14-16,19-24,26-28,30-52H2,1-2H3,(H,57,60)/b13-11-,18-17-,29-25-. The third kappa shape index (κ3) is 47.6. The summed E-state index contributed by atoms with van der Waals surface area (Å²) in [6.07, 6.45) is 62.6. The number of hydrogen-bond acceptors (Lipinski definition) is 5. The van der Waals surface area contributed by atoms with Crippen molar-refractivity contribution in [2.75, 3.05) is 13.2 Å². The second-order valence-corrected chi connectivity index (χ2v) is 18.6. The number of carbonyl (C=O) groups excluding carboxylic acids is 2. The molecule has 0 saturated carbocycles. The number of unbranched alkanes of at least 4 members (excludes halogenated alkanes) is 33. The van der Waals surface area contributed by atoms with Gasteiger partial charge in [0.1, 0.15) is 0 Å². The van der Waals surface area contributed by atoms with Gasteiger partial charge < -0.3 is 20.3 Å². The van der Waals surface area contributed by atoms with Gasteiger partial charge in [-0.1, -0.05) is 224 Å². The van der Waals surface area contributed by atoms with Gasteiger partial charge in [0.15, 0.2) is 0 Å². The second-order valence-electron chi connectivity index (χ2n) is 18.6. The molecule has 0 rings (SSSR count). The van der Waals surface area contributed by atoms with Crippen LogP contribution in [-0.2, 0) is 14.3 Å². The summed E-state index contributed by atoms with van der Waals surface area (Å²) in [5.74, 6) is -0.0823. The molecule has 0 fully saturated rings. The average Bonchev–Trinajstić information content (AvgIpc) is 3.27. The molecular weight excluding hydrogens is 767 g/mol. The van der Waals surface area contributed by atoms with Crippen molar-refractivity contribution < 1.29 is 24.5 Å². The number of nitrogens with one attached hydrogen (secondary N) is 1. The fraction of sp³-hybridized carbons (Fsp3) is 0.857. The van der Waals surface area contributed by atoms with Gasteiger partial charge in [-0.25, -0.2) is 0 Å². The SMILES string of the molecule is CCCCC/C=C\C/C=C\CCCCCCCCCCCC(=O)OCCCCCCCC/C=C\CCCCCC(=O)NC(CO)C(O)CCCCCCCCCCCCCCC. The van der Waals surface area contributed by atoms with Crippen molar-refractivity contribution in [2.24, 2.45) is 0 Å². The molecule has 3 N–H and O–H groups in total. The van der Waals surface area contributed by atoms with Crippen LogP contribution in [0.2, 0.25) is 0 Å². The van der Waals surface area contributed by atoms with Crippen LogP contribution in [0.25, 0.3) is 0 Å². The van der Waals surface area contributed by atoms with Gasteiger partial charge >= 0.3 is 5.97 Å². The minimum absolute atomic E-state index is 0.0167. The highest BCUT2D eigenvalue weighted by molar-refractivity contribution is 5.76. The first-order valence-corrected chi connectivity index (χ1v) is 27.2. The highest BCUT2D eigenvalue weighted by Crippen LogP contribution is 2.16. The molecular formula is C56H105NO5. The van der Waals surface area contributed by atoms with E-state index in [4.69, 9.17) is 4.74 Å². The molecule has 0 saturated heterocycles. The molecule has 0 aromatic heterocycles. The van der Waals surface area contributed by atoms with Crippen LogP contribution in [0, 0.1) is 0 Å². The number of amides is 1. The first-order valence-electron chi connectivity index (χ1n) is 27.2. The van der Waals surface area contributed by atoms with Crippen LogP contribution >= 0.6 is 0 Å². The Morgan fingerprint density at radius 1 is 0.452 bits per heavy atom. The Morgan fingerprint density at radius 3 is 1.29 bits per heavy atom. The van der Waals surface area contributed by atoms with Crippen molar-refractivity contribution in [1.29, 1.82) is 0 Å². The van der Waals surface area contributed by atoms with E-state index >= 15 is 0 Å². The van der Waals surface area contributed by atoms with Gasteiger partial charge in [-0.3, -0.25) is 9.59 Å². The number of carbonyl (C=O) groups is 2. The normalized spacial score (nSPS) is 12.9. The monoisotopic (exact) mass is 872 g/mol. The number of esters is 1. The van der Waals surface area contributed by atoms with Crippen molar-refractivity contribution in [2.45, 2.75) is 296 Å². The molecule has 0 aliphatic rings. The predicted molar refractivity (Wildman–Crippen MR) is 269 cm³/mol. The fourth-order valence-corrected chi connectivity index (χ4v) is 8.19. The Kier molecular flexibility index (Phi) is 50.1. The molecule has 0 aliphatic carbocycles. The molecule has 0 aromatic carbocycles. The van der Waals surface area contributed by atoms with E-state index in [0.717, 1.165) is 77.0 Å². The smallest absolute Gasteiger partial charge is 0.305 e. The van der Waals surface area contributed by atoms with Crippen LogP contribution in [0.5, 0.6) is 0 Å². The zero-order valence-electron chi connectivity index (χ0n) is 41.4. The maximum Gasteiger partial charge on any atom is 0.305 e. The van der Waals surface area contributed by atoms with Gasteiger partial charge in [0.25, 0.3) is 0 Å². The lowest BCUT2D eigenvalue weighted by Gasteiger charge is -2.22. The van der Waals surface area contributed by atoms with E-state index in [1.165, 1.54) is 173 Å². The maximum absolute atomic E-state index is 12.4. The molecule has 0 spiro atoms. The molecule has 0 bridgehead atoms. The minimum atomic E-state index is -0.681. The first-order chi connectivity index (χ1) is 30.5. The Hall–Kier alpha value is -1.92. The largest absolute Gasteiger partial charge is 0.466 e. The molecule has 364 valence electrons. The quantitative estimate of drug-likeness (QED) is 0.0321. The summed E-state index contributed by atoms with van der Waals surface area (Å²) in [5, 5.41) is 23.2. The average molecular weight is 872 g/mol. The molecule has 0 radical (unpaired) electrons. The van der Waals surface area contributed by atoms with Crippen molar-refractivity contribution in [1.82, 2.24) is 5.32 Å². The summed E-state index contributed by atoms with van der Waals surface area (Å²) in [7, 11) is 0. The molecule has 6 nitrogen and oxygen atoms in total. The number of aliphatic hydroxyl groups excluding tert-OH is 2. The molecule has 0 aliphatic heterocycles. The van der Waals surface area contributed by atoms with E-state index in [2.05, 4.69) is 55.6 Å². The van der Waals surface area contributed by atoms with Crippen molar-refractivity contribution in [3.05, 3.63) is 36.5 Å². The highest BCUT2D eigenvalue weighted by Gasteiger charge is 2.20. The van der Waals surface area contributed by atoms with Gasteiger partial charge in [-0.2, -0.15) is 0 Å². The number of allylic oxidation sites excluding steroid dienone is 6. The topological polar surface area (TPSA) is 95.9 Å². The van der Waals surface area contributed by atoms with Gasteiger partial charge in [-0.15, -0.1) is 0 Å². The zero-order valence-corrected chi connectivity index (χ0v) is 41.4. The summed E-state index contributed by atoms with van der Waals surface area (Å²) >= 11 is 0. The second kappa shape index (κ2) is 51.7. The van der Waals surface area contributed by atoms with E-state index in [-0.39, 0.29) is 18.5 Å². The molecule has 6 heteroatoms. The number of hydrogen-bond donors (Lipinski definition) is 3. The Labute approximate surface area is 385 Å². The van der Waals surface area contributed by atoms with Crippen LogP contribution in [0.3, 0.4) is 0 Å². The Bertz CT molecular complexity index is 1010. The van der Waals surface area contributed by atoms with Gasteiger partial charge in [0.2, 0.25) is 5.91 Å². The van der Waals surface area contributed by atoms with E-state index in [9.17, 15) is 19.8 Å². The highest BCUT2D eigenvalue weighted by atomic mass is 16.5. The van der Waals surface area contributed by atoms with Crippen molar-refractivity contribution in [3.8, 4) is 0 Å². The molecule has 2 atom stereocenters. The summed E-state index contributed by atoms with van der Waals surface area (Å²) < 4.78 is 5.47. The lowest BCUT2D eigenvalue weighted by atomic mass is 10.0. The molecule has 2 unspecified atom stereocenters. The van der Waals surface area contributed by atoms with E-state index in [0.29, 0.717) is 25.9 Å². The molecule has 0 aromatic rings. The minimum Gasteiger partial charge on any atom is -0.466 e. The molecule has 0 heterocycles. The Morgan fingerprint density at radius 2 is 0.806 bits per heavy atom. The van der Waals surface area contributed by atoms with Crippen LogP contribution < -0.4 is 5.32 Å². The lowest BCUT2D eigenvalue weighted by molar-refractivity contribution is -0.143. The maximum atomic E-state index is 12.4. The Balaban J connectivity index is 3.48. The van der Waals surface area contributed by atoms with Gasteiger partial charge in [0.05, 0.1) is 25.4 Å². The predicted octanol–water partition coefficient (Wildman–Crippen LogP) is 16.5. The number of ether oxygens (including phenoxy) is 1. The summed E-state index contributed by atoms with van der Waals surface area (Å²) in [4.78, 5) is 24.5. The third-order valence-corrected chi connectivity index (χ3v) is 12.4. The van der Waals surface area contributed by atoms with Crippen molar-refractivity contribution >= 4 is 11.9 Å². The molecule has 62 heavy (non-hydrogen) atoms. The van der Waals surface area contributed by atoms with Gasteiger partial charge in [-0.05, 0) is 83.5 Å². The fourth-order valence-electron chi connectivity index (χ4n) is 8.19. The van der Waals surface area contributed by atoms with Crippen LogP contribution in [0.15, 0.2) is 36.5 Å². The number of rotatable bonds is 50. The number of aliphatic hydroxyl groups is 2. The van der Waals surface area contributed by atoms with Gasteiger partial charge in [0, 0.05) is 12.8 Å². The van der Waals surface area contributed by atoms with Crippen LogP contribution in [0.1, 0.15) is 284 Å². The summed E-state index contributed by atoms with van der Waals surface area (Å²) in [5.41, 5.74) is 0. The third-order valence-electron chi connectivity index (χ3n) is 12.4. The van der Waals surface area contributed by atoms with E-state index in [1.807, 2.05) is 0 Å². The van der Waals surface area contributed by atoms with E-state index < -0.39 is 12.1 Å². The molecule has 1 amide bonds. The summed E-state index contributed by atoms with van der Waals surface area (Å²) in [6.45, 7) is 4.88. The van der Waals surface area contributed by atoms with Crippen LogP contribution in [-0.4, -0.2) is 47.4 Å². The zero-order chi connectivity index (χ0) is 45.1. The lowest BCUT2D eigenvalue weighted by Crippen LogP contribution is -2.45. The van der Waals surface area contributed by atoms with E-state index in [1.54, 1.807) is 0 Å². The summed E-state index contributed by atoms with van der Waals surface area (Å²) in [6, 6.07) is -0.562. The first kappa shape index (κ1) is 60.1.